The second-order valence-electron chi connectivity index (χ2n) is 5.97. The Bertz CT molecular complexity index is 884. The summed E-state index contributed by atoms with van der Waals surface area (Å²) in [7, 11) is -3.17. The van der Waals surface area contributed by atoms with Gasteiger partial charge in [-0.05, 0) is 30.7 Å². The lowest BCUT2D eigenvalue weighted by Crippen LogP contribution is -2.43. The largest absolute Gasteiger partial charge is 0.452 e. The van der Waals surface area contributed by atoms with Crippen LogP contribution in [0.5, 0.6) is 0 Å². The first-order valence-corrected chi connectivity index (χ1v) is 9.93. The van der Waals surface area contributed by atoms with E-state index in [4.69, 9.17) is 4.74 Å². The normalized spacial score (nSPS) is 18.2. The summed E-state index contributed by atoms with van der Waals surface area (Å²) in [6, 6.07) is 11.5. The van der Waals surface area contributed by atoms with E-state index >= 15 is 0 Å². The Kier molecular flexibility index (Phi) is 5.32. The molecule has 2 aromatic rings. The molecule has 0 spiro atoms. The molecule has 1 aliphatic heterocycles. The molecule has 1 saturated heterocycles. The van der Waals surface area contributed by atoms with Crippen LogP contribution in [0.1, 0.15) is 16.8 Å². The van der Waals surface area contributed by atoms with Gasteiger partial charge in [0.2, 0.25) is 0 Å². The molecule has 3 rings (SSSR count). The number of hydrogen-bond donors (Lipinski definition) is 0. The van der Waals surface area contributed by atoms with Crippen molar-refractivity contribution in [3.8, 4) is 0 Å². The number of carbonyl (C=O) groups is 2. The summed E-state index contributed by atoms with van der Waals surface area (Å²) >= 11 is 0. The molecule has 7 nitrogen and oxygen atoms in total. The number of rotatable bonds is 5. The first-order chi connectivity index (χ1) is 12.5. The number of nitrogens with zero attached hydrogens (tertiary/aromatic N) is 2. The highest BCUT2D eigenvalue weighted by atomic mass is 32.2. The molecule has 2 heterocycles. The standard InChI is InChI=1S/C18H18N2O5S/c21-17(12-25-18(22)14-5-4-9-19-11-14)20(15-6-2-1-3-7-15)16-8-10-26(23,24)13-16/h1-7,9,11,16H,8,10,12-13H2/t16-/m1/s1. The van der Waals surface area contributed by atoms with Crippen LogP contribution in [0, 0.1) is 0 Å². The first kappa shape index (κ1) is 18.1. The fourth-order valence-electron chi connectivity index (χ4n) is 2.89. The van der Waals surface area contributed by atoms with E-state index in [1.165, 1.54) is 23.4 Å². The molecular formula is C18H18N2O5S. The Morgan fingerprint density at radius 2 is 1.92 bits per heavy atom. The fraction of sp³-hybridized carbons (Fsp3) is 0.278. The van der Waals surface area contributed by atoms with Gasteiger partial charge in [-0.25, -0.2) is 13.2 Å². The van der Waals surface area contributed by atoms with Gasteiger partial charge in [0.25, 0.3) is 5.91 Å². The molecule has 0 aliphatic carbocycles. The Morgan fingerprint density at radius 3 is 2.54 bits per heavy atom. The van der Waals surface area contributed by atoms with Gasteiger partial charge in [-0.2, -0.15) is 0 Å². The number of benzene rings is 1. The van der Waals surface area contributed by atoms with Crippen molar-refractivity contribution in [2.24, 2.45) is 0 Å². The number of para-hydroxylation sites is 1. The quantitative estimate of drug-likeness (QED) is 0.736. The topological polar surface area (TPSA) is 93.6 Å². The minimum Gasteiger partial charge on any atom is -0.452 e. The van der Waals surface area contributed by atoms with Gasteiger partial charge in [-0.1, -0.05) is 18.2 Å². The summed E-state index contributed by atoms with van der Waals surface area (Å²) in [6.07, 6.45) is 3.24. The van der Waals surface area contributed by atoms with E-state index in [1.807, 2.05) is 0 Å². The van der Waals surface area contributed by atoms with Crippen LogP contribution in [0.25, 0.3) is 0 Å². The van der Waals surface area contributed by atoms with E-state index < -0.39 is 34.4 Å². The van der Waals surface area contributed by atoms with E-state index in [0.29, 0.717) is 12.1 Å². The second kappa shape index (κ2) is 7.65. The molecule has 1 atom stereocenters. The van der Waals surface area contributed by atoms with Crippen molar-refractivity contribution in [3.05, 3.63) is 60.4 Å². The zero-order valence-corrected chi connectivity index (χ0v) is 14.8. The predicted molar refractivity (Wildman–Crippen MR) is 95.5 cm³/mol. The van der Waals surface area contributed by atoms with Crippen LogP contribution >= 0.6 is 0 Å². The Labute approximate surface area is 151 Å². The highest BCUT2D eigenvalue weighted by Gasteiger charge is 2.35. The number of anilines is 1. The van der Waals surface area contributed by atoms with Crippen molar-refractivity contribution in [1.29, 1.82) is 0 Å². The van der Waals surface area contributed by atoms with Crippen LogP contribution in [0.4, 0.5) is 5.69 Å². The number of amides is 1. The summed E-state index contributed by atoms with van der Waals surface area (Å²) in [5.74, 6) is -1.16. The monoisotopic (exact) mass is 374 g/mol. The molecule has 8 heteroatoms. The lowest BCUT2D eigenvalue weighted by Gasteiger charge is -2.28. The second-order valence-corrected chi connectivity index (χ2v) is 8.20. The van der Waals surface area contributed by atoms with E-state index in [2.05, 4.69) is 4.98 Å². The molecule has 1 aromatic carbocycles. The Balaban J connectivity index is 1.74. The van der Waals surface area contributed by atoms with Gasteiger partial charge in [0, 0.05) is 18.1 Å². The van der Waals surface area contributed by atoms with Crippen LogP contribution in [0.3, 0.4) is 0 Å². The lowest BCUT2D eigenvalue weighted by molar-refractivity contribution is -0.122. The molecule has 0 bridgehead atoms. The molecule has 1 amide bonds. The minimum atomic E-state index is -3.17. The summed E-state index contributed by atoms with van der Waals surface area (Å²) in [5.41, 5.74) is 0.826. The Morgan fingerprint density at radius 1 is 1.15 bits per heavy atom. The number of pyridine rings is 1. The van der Waals surface area contributed by atoms with Crippen molar-refractivity contribution in [2.75, 3.05) is 23.0 Å². The van der Waals surface area contributed by atoms with Gasteiger partial charge in [0.15, 0.2) is 16.4 Å². The number of hydrogen-bond acceptors (Lipinski definition) is 6. The molecule has 1 aromatic heterocycles. The lowest BCUT2D eigenvalue weighted by atomic mass is 10.2. The minimum absolute atomic E-state index is 0.0454. The smallest absolute Gasteiger partial charge is 0.340 e. The van der Waals surface area contributed by atoms with Gasteiger partial charge in [0.1, 0.15) is 0 Å². The molecule has 0 unspecified atom stereocenters. The van der Waals surface area contributed by atoms with Crippen molar-refractivity contribution in [1.82, 2.24) is 4.98 Å². The maximum atomic E-state index is 12.7. The molecule has 1 fully saturated rings. The molecule has 26 heavy (non-hydrogen) atoms. The Hall–Kier alpha value is -2.74. The zero-order chi connectivity index (χ0) is 18.6. The molecule has 136 valence electrons. The van der Waals surface area contributed by atoms with Gasteiger partial charge in [-0.3, -0.25) is 9.78 Å². The number of carbonyl (C=O) groups excluding carboxylic acids is 2. The van der Waals surface area contributed by atoms with Crippen LogP contribution in [0.15, 0.2) is 54.9 Å². The third-order valence-corrected chi connectivity index (χ3v) is 5.85. The van der Waals surface area contributed by atoms with Gasteiger partial charge >= 0.3 is 5.97 Å². The van der Waals surface area contributed by atoms with Crippen LogP contribution < -0.4 is 4.90 Å². The third kappa shape index (κ3) is 4.26. The average molecular weight is 374 g/mol. The van der Waals surface area contributed by atoms with E-state index in [-0.39, 0.29) is 17.1 Å². The van der Waals surface area contributed by atoms with E-state index in [1.54, 1.807) is 36.4 Å². The van der Waals surface area contributed by atoms with Gasteiger partial charge < -0.3 is 9.64 Å². The number of ether oxygens (including phenoxy) is 1. The summed E-state index contributed by atoms with van der Waals surface area (Å²) in [4.78, 5) is 30.0. The van der Waals surface area contributed by atoms with Gasteiger partial charge in [0.05, 0.1) is 23.1 Å². The van der Waals surface area contributed by atoms with Crippen LogP contribution in [-0.4, -0.2) is 49.4 Å². The highest BCUT2D eigenvalue weighted by molar-refractivity contribution is 7.91. The van der Waals surface area contributed by atoms with Crippen molar-refractivity contribution in [3.63, 3.8) is 0 Å². The summed E-state index contributed by atoms with van der Waals surface area (Å²) in [6.45, 7) is -0.473. The number of aromatic nitrogens is 1. The number of sulfone groups is 1. The van der Waals surface area contributed by atoms with Crippen LogP contribution in [0.2, 0.25) is 0 Å². The van der Waals surface area contributed by atoms with Crippen LogP contribution in [-0.2, 0) is 19.4 Å². The van der Waals surface area contributed by atoms with Crippen molar-refractivity contribution >= 4 is 27.4 Å². The zero-order valence-electron chi connectivity index (χ0n) is 13.9. The van der Waals surface area contributed by atoms with Gasteiger partial charge in [-0.15, -0.1) is 0 Å². The summed E-state index contributed by atoms with van der Waals surface area (Å²) in [5, 5.41) is 0. The fourth-order valence-corrected chi connectivity index (χ4v) is 4.59. The highest BCUT2D eigenvalue weighted by Crippen LogP contribution is 2.24. The molecular weight excluding hydrogens is 356 g/mol. The van der Waals surface area contributed by atoms with E-state index in [0.717, 1.165) is 0 Å². The van der Waals surface area contributed by atoms with Crippen molar-refractivity contribution < 1.29 is 22.7 Å². The summed E-state index contributed by atoms with van der Waals surface area (Å²) < 4.78 is 28.7. The molecule has 0 saturated carbocycles. The van der Waals surface area contributed by atoms with E-state index in [9.17, 15) is 18.0 Å². The average Bonchev–Trinajstić information content (AvgIpc) is 3.01. The first-order valence-electron chi connectivity index (χ1n) is 8.11. The maximum Gasteiger partial charge on any atom is 0.340 e. The SMILES string of the molecule is O=C(OCC(=O)N(c1ccccc1)[C@@H]1CCS(=O)(=O)C1)c1cccnc1. The predicted octanol–water partition coefficient (Wildman–Crippen LogP) is 1.46. The molecule has 0 radical (unpaired) electrons. The van der Waals surface area contributed by atoms with Crippen molar-refractivity contribution in [2.45, 2.75) is 12.5 Å². The number of esters is 1. The molecule has 1 aliphatic rings. The molecule has 0 N–H and O–H groups in total. The maximum absolute atomic E-state index is 12.7. The third-order valence-electron chi connectivity index (χ3n) is 4.10.